The quantitative estimate of drug-likeness (QED) is 0.0679. The van der Waals surface area contributed by atoms with E-state index in [0.717, 1.165) is 24.3 Å². The molecule has 4 fully saturated rings. The number of phenols is 4. The molecule has 3 aromatic rings. The summed E-state index contributed by atoms with van der Waals surface area (Å²) in [6.45, 7) is 1.59. The highest BCUT2D eigenvalue weighted by Crippen LogP contribution is 2.45. The van der Waals surface area contributed by atoms with Crippen LogP contribution in [0.3, 0.4) is 0 Å². The van der Waals surface area contributed by atoms with Crippen molar-refractivity contribution in [2.45, 2.75) is 131 Å². The Labute approximate surface area is 349 Å². The minimum absolute atomic E-state index is 0.0324. The molecule has 0 amide bonds. The first-order valence-corrected chi connectivity index (χ1v) is 19.3. The highest BCUT2D eigenvalue weighted by Gasteiger charge is 2.52. The summed E-state index contributed by atoms with van der Waals surface area (Å²) in [4.78, 5) is 0. The fourth-order valence-corrected chi connectivity index (χ4v) is 7.29. The van der Waals surface area contributed by atoms with Crippen molar-refractivity contribution in [3.05, 3.63) is 30.3 Å². The summed E-state index contributed by atoms with van der Waals surface area (Å²) in [5, 5.41) is 158. The van der Waals surface area contributed by atoms with Gasteiger partial charge < -0.3 is 114 Å². The Kier molecular flexibility index (Phi) is 13.5. The van der Waals surface area contributed by atoms with Crippen LogP contribution in [-0.2, 0) is 28.4 Å². The van der Waals surface area contributed by atoms with Gasteiger partial charge in [-0.2, -0.15) is 0 Å². The maximum absolute atomic E-state index is 11.5. The molecule has 2 aromatic carbocycles. The van der Waals surface area contributed by atoms with Crippen molar-refractivity contribution in [3.63, 3.8) is 0 Å². The van der Waals surface area contributed by atoms with Crippen LogP contribution in [0.15, 0.2) is 34.7 Å². The monoisotopic (exact) mass is 889 g/mol. The van der Waals surface area contributed by atoms with Gasteiger partial charge in [0.25, 0.3) is 0 Å². The van der Waals surface area contributed by atoms with Crippen molar-refractivity contribution < 1.29 is 119 Å². The fourth-order valence-electron chi connectivity index (χ4n) is 7.29. The smallest absolute Gasteiger partial charge is 0.402 e. The second-order valence-electron chi connectivity index (χ2n) is 15.5. The SMILES string of the molecule is C[C@@H]1O[C@@H](OC[C@@H]2O[C@@H](Oc3cc4cc(O)c(O[C@@H]5O[C@@H](C)[C@H](O)[C@@H](O)[C@H]5O)cc4[o+]c3-c3cc(O)c(O)c(O)c3)[C@@H](O[C@@H]3OC[C@@H](O)[C@H](O)[C@H]3O)[C@H](O)[C@@H]2O)[C@H](O)[C@H](O)[C@H]1O. The summed E-state index contributed by atoms with van der Waals surface area (Å²) in [7, 11) is 0. The molecule has 19 atom stereocenters. The maximum atomic E-state index is 11.5. The Morgan fingerprint density at radius 3 is 1.79 bits per heavy atom. The lowest BCUT2D eigenvalue weighted by atomic mass is 9.98. The zero-order chi connectivity index (χ0) is 45.1. The molecule has 1 aromatic heterocycles. The minimum atomic E-state index is -2.02. The number of aliphatic hydroxyl groups is 11. The molecule has 0 unspecified atom stereocenters. The molecular formula is C38H49O24+. The summed E-state index contributed by atoms with van der Waals surface area (Å²) in [6.07, 6.45) is -31.3. The van der Waals surface area contributed by atoms with Gasteiger partial charge in [-0.3, -0.25) is 0 Å². The minimum Gasteiger partial charge on any atom is -0.504 e. The van der Waals surface area contributed by atoms with E-state index in [2.05, 4.69) is 0 Å². The molecule has 0 saturated carbocycles. The van der Waals surface area contributed by atoms with Crippen LogP contribution in [-0.4, -0.2) is 207 Å². The average molecular weight is 890 g/mol. The van der Waals surface area contributed by atoms with Crippen molar-refractivity contribution >= 4 is 11.0 Å². The average Bonchev–Trinajstić information content (AvgIpc) is 3.23. The van der Waals surface area contributed by atoms with E-state index in [1.165, 1.54) is 19.9 Å². The molecule has 4 aliphatic heterocycles. The van der Waals surface area contributed by atoms with E-state index in [9.17, 15) is 76.6 Å². The summed E-state index contributed by atoms with van der Waals surface area (Å²) in [6, 6.07) is 5.37. The van der Waals surface area contributed by atoms with E-state index in [0.29, 0.717) is 0 Å². The first kappa shape index (κ1) is 46.0. The predicted molar refractivity (Wildman–Crippen MR) is 198 cm³/mol. The zero-order valence-electron chi connectivity index (χ0n) is 32.7. The number of hydrogen-bond acceptors (Lipinski definition) is 23. The van der Waals surface area contributed by atoms with Gasteiger partial charge in [0.1, 0.15) is 73.2 Å². The van der Waals surface area contributed by atoms with Gasteiger partial charge in [0.15, 0.2) is 47.4 Å². The van der Waals surface area contributed by atoms with Gasteiger partial charge in [-0.25, -0.2) is 4.42 Å². The molecule has 0 bridgehead atoms. The van der Waals surface area contributed by atoms with Crippen LogP contribution in [0.25, 0.3) is 22.3 Å². The molecule has 15 N–H and O–H groups in total. The van der Waals surface area contributed by atoms with Crippen molar-refractivity contribution in [1.82, 2.24) is 0 Å². The van der Waals surface area contributed by atoms with E-state index in [4.69, 9.17) is 42.3 Å². The largest absolute Gasteiger partial charge is 0.504 e. The second-order valence-corrected chi connectivity index (χ2v) is 15.5. The molecule has 0 spiro atoms. The Bertz CT molecular complexity index is 2020. The topological polar surface area (TPSA) is 389 Å². The Morgan fingerprint density at radius 2 is 1.15 bits per heavy atom. The van der Waals surface area contributed by atoms with Crippen LogP contribution in [0.5, 0.6) is 34.5 Å². The zero-order valence-corrected chi connectivity index (χ0v) is 32.7. The van der Waals surface area contributed by atoms with E-state index in [-0.39, 0.29) is 33.8 Å². The van der Waals surface area contributed by atoms with Crippen molar-refractivity contribution in [2.24, 2.45) is 0 Å². The first-order chi connectivity index (χ1) is 29.2. The third kappa shape index (κ3) is 8.88. The Morgan fingerprint density at radius 1 is 0.565 bits per heavy atom. The number of phenolic OH excluding ortho intramolecular Hbond substituents is 4. The lowest BCUT2D eigenvalue weighted by molar-refractivity contribution is -0.352. The number of rotatable bonds is 10. The standard InChI is InChI=1S/C38H48O24/c1-10-22(43)27(48)31(52)35(56-10)55-9-21-26(47)29(50)34(62-36-30(51)25(46)17(42)8-54-36)38(61-21)60-20-6-12-3-14(39)19(59-37-32(53)28(49)23(44)11(2)57-37)7-18(12)58-33(20)13-4-15(40)24(45)16(41)5-13/h3-7,10-11,17,21-23,25-32,34-38,42-44,46-53H,8-9H2,1-2H3,(H3-,39,40,41,45)/p+1/t10-,11-,17+,21-,22-,23-,25-,26+,27+,28+,29+,30+,31+,32+,34-,35+,36-,37-,38+/m0/s1. The molecule has 24 heteroatoms. The number of aromatic hydroxyl groups is 4. The molecule has 0 aliphatic carbocycles. The van der Waals surface area contributed by atoms with Gasteiger partial charge in [0, 0.05) is 24.3 Å². The lowest BCUT2D eigenvalue weighted by Gasteiger charge is -2.45. The molecular weight excluding hydrogens is 840 g/mol. The molecule has 0 radical (unpaired) electrons. The van der Waals surface area contributed by atoms with Crippen molar-refractivity contribution in [1.29, 1.82) is 0 Å². The van der Waals surface area contributed by atoms with E-state index < -0.39 is 153 Å². The Hall–Kier alpha value is -4.03. The van der Waals surface area contributed by atoms with Gasteiger partial charge in [-0.05, 0) is 13.8 Å². The number of ether oxygens (including phenoxy) is 8. The van der Waals surface area contributed by atoms with Crippen LogP contribution >= 0.6 is 0 Å². The molecule has 5 heterocycles. The fraction of sp³-hybridized carbons (Fsp3) is 0.605. The highest BCUT2D eigenvalue weighted by molar-refractivity contribution is 5.85. The van der Waals surface area contributed by atoms with Crippen LogP contribution < -0.4 is 9.47 Å². The van der Waals surface area contributed by atoms with Crippen molar-refractivity contribution in [2.75, 3.05) is 13.2 Å². The van der Waals surface area contributed by atoms with Gasteiger partial charge >= 0.3 is 11.3 Å². The second kappa shape index (κ2) is 18.2. The number of benzene rings is 2. The lowest BCUT2D eigenvalue weighted by Crippen LogP contribution is -2.64. The summed E-state index contributed by atoms with van der Waals surface area (Å²) < 4.78 is 51.8. The maximum Gasteiger partial charge on any atom is 0.402 e. The molecule has 344 valence electrons. The molecule has 4 saturated heterocycles. The highest BCUT2D eigenvalue weighted by atomic mass is 16.8. The number of hydrogen-bond donors (Lipinski definition) is 15. The molecule has 24 nitrogen and oxygen atoms in total. The summed E-state index contributed by atoms with van der Waals surface area (Å²) >= 11 is 0. The van der Waals surface area contributed by atoms with Crippen LogP contribution in [0.2, 0.25) is 0 Å². The third-order valence-electron chi connectivity index (χ3n) is 11.1. The van der Waals surface area contributed by atoms with Gasteiger partial charge in [-0.1, -0.05) is 0 Å². The van der Waals surface area contributed by atoms with E-state index >= 15 is 0 Å². The number of aliphatic hydroxyl groups excluding tert-OH is 11. The molecule has 4 aliphatic rings. The first-order valence-electron chi connectivity index (χ1n) is 19.3. The summed E-state index contributed by atoms with van der Waals surface area (Å²) in [5.74, 6) is -4.26. The van der Waals surface area contributed by atoms with Gasteiger partial charge in [0.2, 0.25) is 18.3 Å². The summed E-state index contributed by atoms with van der Waals surface area (Å²) in [5.41, 5.74) is -0.304. The van der Waals surface area contributed by atoms with E-state index in [1.807, 2.05) is 0 Å². The molecule has 7 rings (SSSR count). The Balaban J connectivity index is 1.26. The van der Waals surface area contributed by atoms with Crippen molar-refractivity contribution in [3.8, 4) is 45.8 Å². The van der Waals surface area contributed by atoms with Gasteiger partial charge in [-0.15, -0.1) is 0 Å². The normalized spacial score (nSPS) is 40.3. The van der Waals surface area contributed by atoms with E-state index in [1.54, 1.807) is 0 Å². The number of fused-ring (bicyclic) bond motifs is 1. The third-order valence-corrected chi connectivity index (χ3v) is 11.1. The van der Waals surface area contributed by atoms with Crippen LogP contribution in [0.4, 0.5) is 0 Å². The van der Waals surface area contributed by atoms with Crippen LogP contribution in [0, 0.1) is 0 Å². The molecule has 62 heavy (non-hydrogen) atoms. The van der Waals surface area contributed by atoms with Gasteiger partial charge in [0.05, 0.1) is 42.4 Å². The predicted octanol–water partition coefficient (Wildman–Crippen LogP) is -4.10. The van der Waals surface area contributed by atoms with Crippen LogP contribution in [0.1, 0.15) is 13.8 Å².